The van der Waals surface area contributed by atoms with Gasteiger partial charge in [0.15, 0.2) is 5.17 Å². The lowest BCUT2D eigenvalue weighted by Gasteiger charge is -2.08. The van der Waals surface area contributed by atoms with Gasteiger partial charge in [0, 0.05) is 15.6 Å². The fraction of sp³-hybridized carbons (Fsp3) is 0.0435. The SMILES string of the molecule is O=C1NC(=Nc2ccc(Cl)cc2)SC1=Cc1ccc(OCc2ccccc2Cl)cc1. The van der Waals surface area contributed by atoms with Crippen LogP contribution in [0.2, 0.25) is 10.0 Å². The number of aliphatic imine (C=N–C) groups is 1. The van der Waals surface area contributed by atoms with Crippen LogP contribution >= 0.6 is 35.0 Å². The van der Waals surface area contributed by atoms with Gasteiger partial charge in [-0.3, -0.25) is 4.79 Å². The van der Waals surface area contributed by atoms with Crippen LogP contribution in [-0.2, 0) is 11.4 Å². The summed E-state index contributed by atoms with van der Waals surface area (Å²) in [7, 11) is 0. The lowest BCUT2D eigenvalue weighted by molar-refractivity contribution is -0.115. The van der Waals surface area contributed by atoms with E-state index in [2.05, 4.69) is 10.3 Å². The maximum atomic E-state index is 12.3. The van der Waals surface area contributed by atoms with Gasteiger partial charge in [0.2, 0.25) is 0 Å². The maximum absolute atomic E-state index is 12.3. The number of amides is 1. The lowest BCUT2D eigenvalue weighted by Crippen LogP contribution is -2.19. The second-order valence-electron chi connectivity index (χ2n) is 6.41. The van der Waals surface area contributed by atoms with Crippen molar-refractivity contribution in [3.63, 3.8) is 0 Å². The number of amidine groups is 1. The highest BCUT2D eigenvalue weighted by atomic mass is 35.5. The molecule has 0 radical (unpaired) electrons. The molecule has 0 unspecified atom stereocenters. The summed E-state index contributed by atoms with van der Waals surface area (Å²) < 4.78 is 5.79. The van der Waals surface area contributed by atoms with Crippen molar-refractivity contribution in [2.45, 2.75) is 6.61 Å². The average Bonchev–Trinajstić information content (AvgIpc) is 3.09. The first-order chi connectivity index (χ1) is 14.6. The normalized spacial score (nSPS) is 16.1. The van der Waals surface area contributed by atoms with Gasteiger partial charge >= 0.3 is 0 Å². The van der Waals surface area contributed by atoms with Crippen molar-refractivity contribution in [1.29, 1.82) is 0 Å². The number of thioether (sulfide) groups is 1. The van der Waals surface area contributed by atoms with E-state index >= 15 is 0 Å². The number of carbonyl (C=O) groups excluding carboxylic acids is 1. The Morgan fingerprint density at radius 2 is 1.70 bits per heavy atom. The summed E-state index contributed by atoms with van der Waals surface area (Å²) >= 11 is 13.3. The van der Waals surface area contributed by atoms with Gasteiger partial charge in [-0.1, -0.05) is 53.5 Å². The molecule has 0 atom stereocenters. The van der Waals surface area contributed by atoms with Crippen LogP contribution in [0.5, 0.6) is 5.75 Å². The average molecular weight is 455 g/mol. The predicted molar refractivity (Wildman–Crippen MR) is 124 cm³/mol. The molecule has 1 fully saturated rings. The van der Waals surface area contributed by atoms with Gasteiger partial charge in [-0.15, -0.1) is 0 Å². The van der Waals surface area contributed by atoms with Crippen LogP contribution in [0.25, 0.3) is 6.08 Å². The van der Waals surface area contributed by atoms with Gasteiger partial charge in [-0.2, -0.15) is 0 Å². The number of hydrogen-bond acceptors (Lipinski definition) is 4. The highest BCUT2D eigenvalue weighted by Crippen LogP contribution is 2.29. The Hall–Kier alpha value is -2.73. The molecular formula is C23H16Cl2N2O2S. The van der Waals surface area contributed by atoms with Crippen molar-refractivity contribution in [3.8, 4) is 5.75 Å². The van der Waals surface area contributed by atoms with Crippen LogP contribution in [0.4, 0.5) is 5.69 Å². The molecule has 0 aliphatic carbocycles. The molecule has 150 valence electrons. The predicted octanol–water partition coefficient (Wildman–Crippen LogP) is 6.46. The molecule has 0 spiro atoms. The van der Waals surface area contributed by atoms with E-state index in [0.29, 0.717) is 26.7 Å². The highest BCUT2D eigenvalue weighted by molar-refractivity contribution is 8.18. The molecule has 0 aromatic heterocycles. The minimum absolute atomic E-state index is 0.174. The van der Waals surface area contributed by atoms with E-state index in [4.69, 9.17) is 27.9 Å². The molecule has 1 saturated heterocycles. The number of rotatable bonds is 5. The van der Waals surface area contributed by atoms with Crippen molar-refractivity contribution in [1.82, 2.24) is 5.32 Å². The fourth-order valence-corrected chi connectivity index (χ4v) is 3.86. The van der Waals surface area contributed by atoms with Crippen molar-refractivity contribution in [2.75, 3.05) is 0 Å². The first-order valence-electron chi connectivity index (χ1n) is 9.08. The lowest BCUT2D eigenvalue weighted by atomic mass is 10.2. The monoisotopic (exact) mass is 454 g/mol. The standard InChI is InChI=1S/C23H16Cl2N2O2S/c24-17-7-9-18(10-8-17)26-23-27-22(28)21(30-23)13-15-5-11-19(12-6-15)29-14-16-3-1-2-4-20(16)25/h1-13H,14H2,(H,26,27,28). The number of ether oxygens (including phenoxy) is 1. The Labute approximate surface area is 188 Å². The Bertz CT molecular complexity index is 1130. The molecule has 1 heterocycles. The summed E-state index contributed by atoms with van der Waals surface area (Å²) in [6, 6.07) is 22.2. The molecule has 7 heteroatoms. The van der Waals surface area contributed by atoms with E-state index in [9.17, 15) is 4.79 Å². The number of carbonyl (C=O) groups is 1. The van der Waals surface area contributed by atoms with E-state index in [1.807, 2.05) is 54.6 Å². The third-order valence-electron chi connectivity index (χ3n) is 4.24. The second kappa shape index (κ2) is 9.39. The van der Waals surface area contributed by atoms with Crippen LogP contribution < -0.4 is 10.1 Å². The molecule has 3 aromatic rings. The molecule has 1 aliphatic rings. The summed E-state index contributed by atoms with van der Waals surface area (Å²) in [4.78, 5) is 17.3. The summed E-state index contributed by atoms with van der Waals surface area (Å²) in [5.41, 5.74) is 2.55. The molecule has 3 aromatic carbocycles. The zero-order valence-electron chi connectivity index (χ0n) is 15.6. The number of nitrogens with one attached hydrogen (secondary N) is 1. The van der Waals surface area contributed by atoms with Crippen LogP contribution in [0.3, 0.4) is 0 Å². The summed E-state index contributed by atoms with van der Waals surface area (Å²) in [5, 5.41) is 4.63. The van der Waals surface area contributed by atoms with E-state index in [0.717, 1.165) is 22.6 Å². The quantitative estimate of drug-likeness (QED) is 0.449. The Morgan fingerprint density at radius 3 is 2.43 bits per heavy atom. The fourth-order valence-electron chi connectivity index (χ4n) is 2.70. The van der Waals surface area contributed by atoms with E-state index in [1.54, 1.807) is 24.3 Å². The largest absolute Gasteiger partial charge is 0.489 e. The van der Waals surface area contributed by atoms with Crippen LogP contribution in [0.15, 0.2) is 82.7 Å². The van der Waals surface area contributed by atoms with E-state index in [-0.39, 0.29) is 5.91 Å². The minimum atomic E-state index is -0.174. The maximum Gasteiger partial charge on any atom is 0.264 e. The van der Waals surface area contributed by atoms with Gasteiger partial charge in [0.1, 0.15) is 12.4 Å². The Morgan fingerprint density at radius 1 is 0.967 bits per heavy atom. The summed E-state index contributed by atoms with van der Waals surface area (Å²) in [5.74, 6) is 0.553. The highest BCUT2D eigenvalue weighted by Gasteiger charge is 2.23. The van der Waals surface area contributed by atoms with Gasteiger partial charge < -0.3 is 10.1 Å². The summed E-state index contributed by atoms with van der Waals surface area (Å²) in [6.07, 6.45) is 1.82. The smallest absolute Gasteiger partial charge is 0.264 e. The zero-order valence-corrected chi connectivity index (χ0v) is 18.0. The van der Waals surface area contributed by atoms with Gasteiger partial charge in [-0.25, -0.2) is 4.99 Å². The van der Waals surface area contributed by atoms with E-state index < -0.39 is 0 Å². The van der Waals surface area contributed by atoms with Crippen LogP contribution in [-0.4, -0.2) is 11.1 Å². The first-order valence-corrected chi connectivity index (χ1v) is 10.7. The van der Waals surface area contributed by atoms with Crippen molar-refractivity contribution in [3.05, 3.63) is 98.9 Å². The number of nitrogens with zero attached hydrogens (tertiary/aromatic N) is 1. The second-order valence-corrected chi connectivity index (χ2v) is 8.28. The topological polar surface area (TPSA) is 50.7 Å². The Balaban J connectivity index is 1.41. The van der Waals surface area contributed by atoms with Crippen molar-refractivity contribution in [2.24, 2.45) is 4.99 Å². The van der Waals surface area contributed by atoms with Crippen molar-refractivity contribution < 1.29 is 9.53 Å². The number of benzene rings is 3. The zero-order chi connectivity index (χ0) is 20.9. The first kappa shape index (κ1) is 20.5. The van der Waals surface area contributed by atoms with Gasteiger partial charge in [0.25, 0.3) is 5.91 Å². The molecule has 4 rings (SSSR count). The number of halogens is 2. The van der Waals surface area contributed by atoms with Gasteiger partial charge in [0.05, 0.1) is 10.6 Å². The third-order valence-corrected chi connectivity index (χ3v) is 5.77. The van der Waals surface area contributed by atoms with Crippen LogP contribution in [0, 0.1) is 0 Å². The molecule has 1 amide bonds. The molecule has 0 saturated carbocycles. The molecule has 30 heavy (non-hydrogen) atoms. The molecule has 1 aliphatic heterocycles. The molecule has 0 bridgehead atoms. The van der Waals surface area contributed by atoms with E-state index in [1.165, 1.54) is 11.8 Å². The molecular weight excluding hydrogens is 439 g/mol. The molecule has 4 nitrogen and oxygen atoms in total. The van der Waals surface area contributed by atoms with Gasteiger partial charge in [-0.05, 0) is 65.9 Å². The number of hydrogen-bond donors (Lipinski definition) is 1. The minimum Gasteiger partial charge on any atom is -0.489 e. The van der Waals surface area contributed by atoms with Crippen molar-refractivity contribution >= 4 is 57.8 Å². The summed E-state index contributed by atoms with van der Waals surface area (Å²) in [6.45, 7) is 0.392. The Kier molecular flexibility index (Phi) is 6.43. The molecule has 1 N–H and O–H groups in total. The third kappa shape index (κ3) is 5.25. The van der Waals surface area contributed by atoms with Crippen LogP contribution in [0.1, 0.15) is 11.1 Å².